The van der Waals surface area contributed by atoms with Crippen LogP contribution in [-0.2, 0) is 10.0 Å². The zero-order valence-electron chi connectivity index (χ0n) is 14.6. The molecule has 0 saturated heterocycles. The number of hydrogen-bond acceptors (Lipinski definition) is 3. The smallest absolute Gasteiger partial charge is 0.252 e. The number of rotatable bonds is 6. The molecule has 26 heavy (non-hydrogen) atoms. The van der Waals surface area contributed by atoms with Crippen LogP contribution in [-0.4, -0.2) is 32.7 Å². The van der Waals surface area contributed by atoms with Crippen LogP contribution in [0, 0.1) is 9.49 Å². The zero-order chi connectivity index (χ0) is 18.9. The first-order valence-electron chi connectivity index (χ1n) is 8.38. The maximum absolute atomic E-state index is 12.9. The summed E-state index contributed by atoms with van der Waals surface area (Å²) < 4.78 is 26.6. The van der Waals surface area contributed by atoms with Crippen LogP contribution in [0.3, 0.4) is 0 Å². The maximum Gasteiger partial charge on any atom is 0.252 e. The van der Waals surface area contributed by atoms with Crippen molar-refractivity contribution in [1.82, 2.24) is 9.62 Å². The first-order valence-corrected chi connectivity index (χ1v) is 10.9. The van der Waals surface area contributed by atoms with Crippen LogP contribution >= 0.6 is 22.6 Å². The second-order valence-corrected chi connectivity index (χ2v) is 9.94. The normalized spacial score (nSPS) is 15.7. The summed E-state index contributed by atoms with van der Waals surface area (Å²) in [5, 5.41) is 3.11. The number of sulfonamides is 1. The summed E-state index contributed by atoms with van der Waals surface area (Å²) in [5.74, 6) is 0.193. The van der Waals surface area contributed by atoms with Gasteiger partial charge in [0, 0.05) is 17.7 Å². The predicted molar refractivity (Wildman–Crippen MR) is 109 cm³/mol. The van der Waals surface area contributed by atoms with Crippen molar-refractivity contribution in [3.8, 4) is 0 Å². The first-order chi connectivity index (χ1) is 12.3. The molecule has 1 aliphatic carbocycles. The van der Waals surface area contributed by atoms with E-state index in [2.05, 4.69) is 27.9 Å². The van der Waals surface area contributed by atoms with E-state index in [0.29, 0.717) is 11.5 Å². The molecule has 7 heteroatoms. The second kappa shape index (κ2) is 7.66. The summed E-state index contributed by atoms with van der Waals surface area (Å²) in [6, 6.07) is 14.5. The molecule has 2 aromatic rings. The van der Waals surface area contributed by atoms with Crippen LogP contribution in [0.2, 0.25) is 0 Å². The first kappa shape index (κ1) is 19.3. The van der Waals surface area contributed by atoms with Gasteiger partial charge in [-0.15, -0.1) is 0 Å². The summed E-state index contributed by atoms with van der Waals surface area (Å²) in [6.45, 7) is 0. The Bertz CT molecular complexity index is 910. The van der Waals surface area contributed by atoms with E-state index in [0.717, 1.165) is 26.3 Å². The van der Waals surface area contributed by atoms with Crippen molar-refractivity contribution in [3.05, 3.63) is 63.2 Å². The van der Waals surface area contributed by atoms with Crippen molar-refractivity contribution in [1.29, 1.82) is 0 Å². The van der Waals surface area contributed by atoms with Gasteiger partial charge in [0.2, 0.25) is 10.0 Å². The number of carbonyl (C=O) groups excluding carboxylic acids is 1. The Hall–Kier alpha value is -1.45. The van der Waals surface area contributed by atoms with Crippen LogP contribution < -0.4 is 5.32 Å². The molecule has 1 amide bonds. The van der Waals surface area contributed by atoms with E-state index in [9.17, 15) is 13.2 Å². The number of hydrogen-bond donors (Lipinski definition) is 1. The lowest BCUT2D eigenvalue weighted by molar-refractivity contribution is 0.0930. The van der Waals surface area contributed by atoms with Gasteiger partial charge in [0.25, 0.3) is 5.91 Å². The van der Waals surface area contributed by atoms with E-state index in [1.54, 1.807) is 6.07 Å². The molecule has 0 bridgehead atoms. The number of carbonyl (C=O) groups is 1. The van der Waals surface area contributed by atoms with Crippen LogP contribution in [0.4, 0.5) is 0 Å². The molecule has 1 aliphatic rings. The molecule has 1 atom stereocenters. The highest BCUT2D eigenvalue weighted by atomic mass is 127. The average molecular weight is 484 g/mol. The zero-order valence-corrected chi connectivity index (χ0v) is 17.6. The molecule has 0 heterocycles. The van der Waals surface area contributed by atoms with Gasteiger partial charge in [-0.3, -0.25) is 4.79 Å². The topological polar surface area (TPSA) is 66.5 Å². The van der Waals surface area contributed by atoms with Crippen molar-refractivity contribution in [2.45, 2.75) is 23.8 Å². The van der Waals surface area contributed by atoms with Crippen LogP contribution in [0.5, 0.6) is 0 Å². The SMILES string of the molecule is CN(C)S(=O)(=O)c1ccc(I)c(C(=O)NC(c2ccccc2)C2CC2)c1. The van der Waals surface area contributed by atoms with Gasteiger partial charge in [-0.1, -0.05) is 30.3 Å². The highest BCUT2D eigenvalue weighted by molar-refractivity contribution is 14.1. The van der Waals surface area contributed by atoms with E-state index in [-0.39, 0.29) is 16.8 Å². The molecule has 0 aromatic heterocycles. The highest BCUT2D eigenvalue weighted by Crippen LogP contribution is 2.41. The predicted octanol–water partition coefficient (Wildman–Crippen LogP) is 3.42. The fraction of sp³-hybridized carbons (Fsp3) is 0.316. The lowest BCUT2D eigenvalue weighted by Crippen LogP contribution is -2.31. The molecule has 3 rings (SSSR count). The largest absolute Gasteiger partial charge is 0.345 e. The molecule has 5 nitrogen and oxygen atoms in total. The van der Waals surface area contributed by atoms with Gasteiger partial charge in [-0.2, -0.15) is 0 Å². The fourth-order valence-electron chi connectivity index (χ4n) is 2.83. The summed E-state index contributed by atoms with van der Waals surface area (Å²) in [5.41, 5.74) is 1.46. The summed E-state index contributed by atoms with van der Waals surface area (Å²) >= 11 is 2.06. The quantitative estimate of drug-likeness (QED) is 0.640. The second-order valence-electron chi connectivity index (χ2n) is 6.63. The van der Waals surface area contributed by atoms with Gasteiger partial charge in [-0.25, -0.2) is 12.7 Å². The molecule has 1 fully saturated rings. The third-order valence-corrected chi connectivity index (χ3v) is 7.25. The minimum Gasteiger partial charge on any atom is -0.345 e. The van der Waals surface area contributed by atoms with Crippen molar-refractivity contribution in [2.24, 2.45) is 5.92 Å². The molecule has 138 valence electrons. The van der Waals surface area contributed by atoms with Gasteiger partial charge in [0.05, 0.1) is 16.5 Å². The van der Waals surface area contributed by atoms with E-state index >= 15 is 0 Å². The van der Waals surface area contributed by atoms with Gasteiger partial charge in [0.1, 0.15) is 0 Å². The fourth-order valence-corrected chi connectivity index (χ4v) is 4.34. The van der Waals surface area contributed by atoms with E-state index in [1.807, 2.05) is 30.3 Å². The molecule has 0 radical (unpaired) electrons. The minimum atomic E-state index is -3.58. The van der Waals surface area contributed by atoms with Crippen molar-refractivity contribution < 1.29 is 13.2 Å². The molecular weight excluding hydrogens is 463 g/mol. The molecule has 1 N–H and O–H groups in total. The molecule has 1 saturated carbocycles. The Morgan fingerprint density at radius 3 is 2.38 bits per heavy atom. The summed E-state index contributed by atoms with van der Waals surface area (Å²) in [4.78, 5) is 13.0. The Labute approximate surface area is 168 Å². The molecule has 1 unspecified atom stereocenters. The van der Waals surface area contributed by atoms with Crippen LogP contribution in [0.15, 0.2) is 53.4 Å². The lowest BCUT2D eigenvalue weighted by Gasteiger charge is -2.20. The van der Waals surface area contributed by atoms with Gasteiger partial charge >= 0.3 is 0 Å². The van der Waals surface area contributed by atoms with Gasteiger partial charge in [-0.05, 0) is 65.1 Å². The van der Waals surface area contributed by atoms with Crippen molar-refractivity contribution in [2.75, 3.05) is 14.1 Å². The Morgan fingerprint density at radius 2 is 1.81 bits per heavy atom. The third-order valence-electron chi connectivity index (χ3n) is 4.50. The van der Waals surface area contributed by atoms with Crippen molar-refractivity contribution in [3.63, 3.8) is 0 Å². The number of nitrogens with zero attached hydrogens (tertiary/aromatic N) is 1. The summed E-state index contributed by atoms with van der Waals surface area (Å²) in [6.07, 6.45) is 2.18. The number of amides is 1. The standard InChI is InChI=1S/C19H21IN2O3S/c1-22(2)26(24,25)15-10-11-17(20)16(12-15)19(23)21-18(14-8-9-14)13-6-4-3-5-7-13/h3-7,10-12,14,18H,8-9H2,1-2H3,(H,21,23). The van der Waals surface area contributed by atoms with E-state index < -0.39 is 10.0 Å². The highest BCUT2D eigenvalue weighted by Gasteiger charge is 2.34. The average Bonchev–Trinajstić information content (AvgIpc) is 3.45. The Morgan fingerprint density at radius 1 is 1.15 bits per heavy atom. The molecular formula is C19H21IN2O3S. The van der Waals surface area contributed by atoms with Gasteiger partial charge < -0.3 is 5.32 Å². The van der Waals surface area contributed by atoms with Gasteiger partial charge in [0.15, 0.2) is 0 Å². The maximum atomic E-state index is 12.9. The van der Waals surface area contributed by atoms with E-state index in [4.69, 9.17) is 0 Å². The minimum absolute atomic E-state index is 0.0476. The Balaban J connectivity index is 1.90. The van der Waals surface area contributed by atoms with Crippen molar-refractivity contribution >= 4 is 38.5 Å². The molecule has 2 aromatic carbocycles. The summed E-state index contributed by atoms with van der Waals surface area (Å²) in [7, 11) is -0.629. The van der Waals surface area contributed by atoms with Crippen LogP contribution in [0.1, 0.15) is 34.8 Å². The van der Waals surface area contributed by atoms with Crippen LogP contribution in [0.25, 0.3) is 0 Å². The molecule has 0 spiro atoms. The number of benzene rings is 2. The Kier molecular flexibility index (Phi) is 5.69. The molecule has 0 aliphatic heterocycles. The van der Waals surface area contributed by atoms with E-state index in [1.165, 1.54) is 26.2 Å². The number of halogens is 1. The lowest BCUT2D eigenvalue weighted by atomic mass is 10.0. The monoisotopic (exact) mass is 484 g/mol. The third kappa shape index (κ3) is 4.10. The number of nitrogens with one attached hydrogen (secondary N) is 1.